The van der Waals surface area contributed by atoms with Gasteiger partial charge < -0.3 is 10.1 Å². The maximum absolute atomic E-state index is 11.3. The summed E-state index contributed by atoms with van der Waals surface area (Å²) in [5.41, 5.74) is 0. The van der Waals surface area contributed by atoms with Gasteiger partial charge in [-0.3, -0.25) is 4.79 Å². The highest BCUT2D eigenvalue weighted by Crippen LogP contribution is 2.09. The predicted molar refractivity (Wildman–Crippen MR) is 54.3 cm³/mol. The molecule has 0 fully saturated rings. The summed E-state index contributed by atoms with van der Waals surface area (Å²) >= 11 is 3.16. The number of carbonyl (C=O) groups excluding carboxylic acids is 1. The van der Waals surface area contributed by atoms with Crippen LogP contribution in [0.5, 0.6) is 0 Å². The molecule has 0 unspecified atom stereocenters. The Morgan fingerprint density at radius 2 is 2.54 bits per heavy atom. The highest BCUT2D eigenvalue weighted by Gasteiger charge is 2.12. The summed E-state index contributed by atoms with van der Waals surface area (Å²) in [4.78, 5) is 11.3. The van der Waals surface area contributed by atoms with Gasteiger partial charge >= 0.3 is 0 Å². The van der Waals surface area contributed by atoms with Crippen molar-refractivity contribution in [3.63, 3.8) is 0 Å². The van der Waals surface area contributed by atoms with Gasteiger partial charge in [-0.2, -0.15) is 0 Å². The Labute approximate surface area is 86.0 Å². The van der Waals surface area contributed by atoms with E-state index in [9.17, 15) is 4.79 Å². The molecule has 1 rings (SSSR count). The molecular weight excluding hydrogens is 234 g/mol. The first-order valence-electron chi connectivity index (χ1n) is 4.14. The standard InChI is InChI=1S/C9H12BrNO2/c1-7(10)6-11-9(12)8-4-2-3-5-13-8/h4H,1-3,5-6H2,(H,11,12). The van der Waals surface area contributed by atoms with Gasteiger partial charge in [0.05, 0.1) is 6.61 Å². The zero-order valence-corrected chi connectivity index (χ0v) is 8.89. The quantitative estimate of drug-likeness (QED) is 0.823. The van der Waals surface area contributed by atoms with Crippen molar-refractivity contribution in [1.82, 2.24) is 5.32 Å². The Balaban J connectivity index is 2.38. The average molecular weight is 246 g/mol. The third-order valence-corrected chi connectivity index (χ3v) is 1.88. The number of rotatable bonds is 3. The van der Waals surface area contributed by atoms with Gasteiger partial charge in [0.1, 0.15) is 0 Å². The lowest BCUT2D eigenvalue weighted by Crippen LogP contribution is -2.28. The van der Waals surface area contributed by atoms with Crippen molar-refractivity contribution < 1.29 is 9.53 Å². The molecular formula is C9H12BrNO2. The van der Waals surface area contributed by atoms with Crippen molar-refractivity contribution in [2.45, 2.75) is 12.8 Å². The maximum Gasteiger partial charge on any atom is 0.286 e. The molecule has 0 aromatic heterocycles. The van der Waals surface area contributed by atoms with Crippen LogP contribution in [0, 0.1) is 0 Å². The highest BCUT2D eigenvalue weighted by atomic mass is 79.9. The van der Waals surface area contributed by atoms with E-state index in [2.05, 4.69) is 27.8 Å². The van der Waals surface area contributed by atoms with E-state index in [1.807, 2.05) is 6.08 Å². The molecule has 72 valence electrons. The molecule has 0 saturated carbocycles. The Morgan fingerprint density at radius 3 is 3.08 bits per heavy atom. The van der Waals surface area contributed by atoms with E-state index in [0.717, 1.165) is 17.3 Å². The Kier molecular flexibility index (Phi) is 4.02. The zero-order valence-electron chi connectivity index (χ0n) is 7.31. The topological polar surface area (TPSA) is 38.3 Å². The molecule has 13 heavy (non-hydrogen) atoms. The van der Waals surface area contributed by atoms with Gasteiger partial charge in [-0.15, -0.1) is 0 Å². The molecule has 0 saturated heterocycles. The SMILES string of the molecule is C=C(Br)CNC(=O)C1=CCCCO1. The second kappa shape index (κ2) is 5.07. The van der Waals surface area contributed by atoms with Crippen LogP contribution in [0.2, 0.25) is 0 Å². The van der Waals surface area contributed by atoms with Crippen LogP contribution in [0.25, 0.3) is 0 Å². The fourth-order valence-electron chi connectivity index (χ4n) is 0.979. The van der Waals surface area contributed by atoms with Crippen LogP contribution in [-0.2, 0) is 9.53 Å². The van der Waals surface area contributed by atoms with Crippen LogP contribution >= 0.6 is 15.9 Å². The van der Waals surface area contributed by atoms with E-state index in [4.69, 9.17) is 4.74 Å². The lowest BCUT2D eigenvalue weighted by molar-refractivity contribution is -0.121. The number of halogens is 1. The van der Waals surface area contributed by atoms with E-state index in [-0.39, 0.29) is 5.91 Å². The first-order chi connectivity index (χ1) is 6.20. The molecule has 0 spiro atoms. The molecule has 1 aliphatic heterocycles. The second-order valence-electron chi connectivity index (χ2n) is 2.76. The van der Waals surface area contributed by atoms with Gasteiger partial charge in [-0.25, -0.2) is 0 Å². The third-order valence-electron chi connectivity index (χ3n) is 1.60. The highest BCUT2D eigenvalue weighted by molar-refractivity contribution is 9.11. The van der Waals surface area contributed by atoms with Gasteiger partial charge in [0.25, 0.3) is 5.91 Å². The average Bonchev–Trinajstić information content (AvgIpc) is 2.15. The van der Waals surface area contributed by atoms with Crippen molar-refractivity contribution in [3.05, 3.63) is 22.9 Å². The molecule has 4 heteroatoms. The van der Waals surface area contributed by atoms with Crippen LogP contribution in [-0.4, -0.2) is 19.1 Å². The number of hydrogen-bond donors (Lipinski definition) is 1. The third kappa shape index (κ3) is 3.63. The van der Waals surface area contributed by atoms with Crippen molar-refractivity contribution in [1.29, 1.82) is 0 Å². The van der Waals surface area contributed by atoms with Crippen molar-refractivity contribution in [2.75, 3.05) is 13.2 Å². The number of amides is 1. The Bertz CT molecular complexity index is 248. The molecule has 0 aromatic rings. The normalized spacial score (nSPS) is 15.6. The molecule has 1 heterocycles. The lowest BCUT2D eigenvalue weighted by Gasteiger charge is -2.14. The van der Waals surface area contributed by atoms with Crippen molar-refractivity contribution >= 4 is 21.8 Å². The Hall–Kier alpha value is -0.770. The molecule has 0 atom stereocenters. The summed E-state index contributed by atoms with van der Waals surface area (Å²) in [6.45, 7) is 4.68. The van der Waals surface area contributed by atoms with Gasteiger partial charge in [-0.05, 0) is 18.9 Å². The summed E-state index contributed by atoms with van der Waals surface area (Å²) in [6.07, 6.45) is 3.72. The number of ether oxygens (including phenoxy) is 1. The number of allylic oxidation sites excluding steroid dienone is 1. The molecule has 0 radical (unpaired) electrons. The van der Waals surface area contributed by atoms with Crippen LogP contribution in [0.15, 0.2) is 22.9 Å². The van der Waals surface area contributed by atoms with Gasteiger partial charge in [0.2, 0.25) is 0 Å². The Morgan fingerprint density at radius 1 is 1.77 bits per heavy atom. The van der Waals surface area contributed by atoms with Crippen molar-refractivity contribution in [3.8, 4) is 0 Å². The van der Waals surface area contributed by atoms with Crippen LogP contribution < -0.4 is 5.32 Å². The van der Waals surface area contributed by atoms with Gasteiger partial charge in [0.15, 0.2) is 5.76 Å². The van der Waals surface area contributed by atoms with E-state index in [1.165, 1.54) is 0 Å². The molecule has 0 aromatic carbocycles. The smallest absolute Gasteiger partial charge is 0.286 e. The van der Waals surface area contributed by atoms with E-state index >= 15 is 0 Å². The summed E-state index contributed by atoms with van der Waals surface area (Å²) in [5.74, 6) is 0.264. The molecule has 0 bridgehead atoms. The minimum absolute atomic E-state index is 0.166. The lowest BCUT2D eigenvalue weighted by atomic mass is 10.2. The molecule has 1 aliphatic rings. The number of nitrogens with one attached hydrogen (secondary N) is 1. The molecule has 0 aliphatic carbocycles. The summed E-state index contributed by atoms with van der Waals surface area (Å²) in [5, 5.41) is 2.67. The summed E-state index contributed by atoms with van der Waals surface area (Å²) in [6, 6.07) is 0. The minimum atomic E-state index is -0.166. The predicted octanol–water partition coefficient (Wildman–Crippen LogP) is 1.71. The minimum Gasteiger partial charge on any atom is -0.488 e. The van der Waals surface area contributed by atoms with Crippen LogP contribution in [0.3, 0.4) is 0 Å². The van der Waals surface area contributed by atoms with Gasteiger partial charge in [-0.1, -0.05) is 22.5 Å². The molecule has 1 amide bonds. The zero-order chi connectivity index (χ0) is 9.68. The van der Waals surface area contributed by atoms with Crippen LogP contribution in [0.4, 0.5) is 0 Å². The maximum atomic E-state index is 11.3. The number of carbonyl (C=O) groups is 1. The van der Waals surface area contributed by atoms with Crippen molar-refractivity contribution in [2.24, 2.45) is 0 Å². The second-order valence-corrected chi connectivity index (χ2v) is 3.88. The number of hydrogen-bond acceptors (Lipinski definition) is 2. The molecule has 3 nitrogen and oxygen atoms in total. The largest absolute Gasteiger partial charge is 0.488 e. The van der Waals surface area contributed by atoms with E-state index in [1.54, 1.807) is 0 Å². The van der Waals surface area contributed by atoms with E-state index in [0.29, 0.717) is 18.9 Å². The summed E-state index contributed by atoms with van der Waals surface area (Å²) in [7, 11) is 0. The fourth-order valence-corrected chi connectivity index (χ4v) is 1.12. The van der Waals surface area contributed by atoms with Gasteiger partial charge in [0, 0.05) is 11.0 Å². The monoisotopic (exact) mass is 245 g/mol. The fraction of sp³-hybridized carbons (Fsp3) is 0.444. The molecule has 1 N–H and O–H groups in total. The first-order valence-corrected chi connectivity index (χ1v) is 4.94. The van der Waals surface area contributed by atoms with E-state index < -0.39 is 0 Å². The summed E-state index contributed by atoms with van der Waals surface area (Å²) < 4.78 is 5.92. The first kappa shape index (κ1) is 10.3. The van der Waals surface area contributed by atoms with Crippen LogP contribution in [0.1, 0.15) is 12.8 Å².